The molecule has 1 N–H and O–H groups in total. The summed E-state index contributed by atoms with van der Waals surface area (Å²) in [6.45, 7) is 4.60. The third kappa shape index (κ3) is 4.75. The zero-order chi connectivity index (χ0) is 17.5. The lowest BCUT2D eigenvalue weighted by atomic mass is 10.0. The Kier molecular flexibility index (Phi) is 6.24. The minimum Gasteiger partial charge on any atom is -0.497 e. The van der Waals surface area contributed by atoms with E-state index in [-0.39, 0.29) is 5.91 Å². The van der Waals surface area contributed by atoms with Crippen molar-refractivity contribution in [2.45, 2.75) is 33.2 Å². The molecule has 2 rings (SSSR count). The molecule has 2 aromatic rings. The SMILES string of the molecule is COc1ccc(CNC(=O)CCc2ccc(C)cc2C)c(OC)c1. The monoisotopic (exact) mass is 327 g/mol. The highest BCUT2D eigenvalue weighted by Crippen LogP contribution is 2.24. The summed E-state index contributed by atoms with van der Waals surface area (Å²) in [4.78, 5) is 12.1. The fraction of sp³-hybridized carbons (Fsp3) is 0.350. The lowest BCUT2D eigenvalue weighted by Crippen LogP contribution is -2.23. The van der Waals surface area contributed by atoms with E-state index in [0.717, 1.165) is 17.7 Å². The second kappa shape index (κ2) is 8.39. The van der Waals surface area contributed by atoms with Gasteiger partial charge in [0.2, 0.25) is 5.91 Å². The molecular weight excluding hydrogens is 302 g/mol. The summed E-state index contributed by atoms with van der Waals surface area (Å²) >= 11 is 0. The van der Waals surface area contributed by atoms with Crippen LogP contribution < -0.4 is 14.8 Å². The molecule has 0 aliphatic carbocycles. The van der Waals surface area contributed by atoms with Crippen LogP contribution in [0.5, 0.6) is 11.5 Å². The van der Waals surface area contributed by atoms with Gasteiger partial charge in [0.15, 0.2) is 0 Å². The molecule has 0 aliphatic heterocycles. The largest absolute Gasteiger partial charge is 0.497 e. The summed E-state index contributed by atoms with van der Waals surface area (Å²) in [6, 6.07) is 11.9. The molecule has 0 bridgehead atoms. The van der Waals surface area contributed by atoms with Crippen LogP contribution in [-0.2, 0) is 17.8 Å². The van der Waals surface area contributed by atoms with Crippen LogP contribution in [0, 0.1) is 13.8 Å². The van der Waals surface area contributed by atoms with Crippen LogP contribution in [0.3, 0.4) is 0 Å². The molecule has 4 nitrogen and oxygen atoms in total. The second-order valence-electron chi connectivity index (χ2n) is 5.88. The first-order chi connectivity index (χ1) is 11.5. The van der Waals surface area contributed by atoms with Crippen LogP contribution in [-0.4, -0.2) is 20.1 Å². The molecule has 0 atom stereocenters. The third-order valence-corrected chi connectivity index (χ3v) is 4.09. The van der Waals surface area contributed by atoms with Crippen LogP contribution in [0.15, 0.2) is 36.4 Å². The topological polar surface area (TPSA) is 47.6 Å². The van der Waals surface area contributed by atoms with Crippen molar-refractivity contribution < 1.29 is 14.3 Å². The molecule has 0 fully saturated rings. The highest BCUT2D eigenvalue weighted by molar-refractivity contribution is 5.76. The third-order valence-electron chi connectivity index (χ3n) is 4.09. The first-order valence-electron chi connectivity index (χ1n) is 8.07. The fourth-order valence-electron chi connectivity index (χ4n) is 2.65. The Labute approximate surface area is 143 Å². The van der Waals surface area contributed by atoms with Crippen molar-refractivity contribution in [2.24, 2.45) is 0 Å². The Balaban J connectivity index is 1.89. The summed E-state index contributed by atoms with van der Waals surface area (Å²) < 4.78 is 10.5. The molecule has 2 aromatic carbocycles. The number of amides is 1. The zero-order valence-electron chi connectivity index (χ0n) is 14.8. The predicted octanol–water partition coefficient (Wildman–Crippen LogP) is 3.57. The Morgan fingerprint density at radius 3 is 2.42 bits per heavy atom. The molecule has 4 heteroatoms. The van der Waals surface area contributed by atoms with Crippen molar-refractivity contribution in [2.75, 3.05) is 14.2 Å². The summed E-state index contributed by atoms with van der Waals surface area (Å²) in [6.07, 6.45) is 1.22. The molecule has 0 saturated heterocycles. The van der Waals surface area contributed by atoms with Gasteiger partial charge >= 0.3 is 0 Å². The van der Waals surface area contributed by atoms with Gasteiger partial charge in [-0.2, -0.15) is 0 Å². The molecule has 0 unspecified atom stereocenters. The van der Waals surface area contributed by atoms with E-state index in [0.29, 0.717) is 18.7 Å². The number of hydrogen-bond donors (Lipinski definition) is 1. The summed E-state index contributed by atoms with van der Waals surface area (Å²) in [5.41, 5.74) is 4.63. The lowest BCUT2D eigenvalue weighted by Gasteiger charge is -2.12. The molecule has 0 saturated carbocycles. The summed E-state index contributed by atoms with van der Waals surface area (Å²) in [5, 5.41) is 2.95. The molecule has 0 aromatic heterocycles. The maximum absolute atomic E-state index is 12.1. The number of ether oxygens (including phenoxy) is 2. The number of methoxy groups -OCH3 is 2. The molecule has 0 spiro atoms. The van der Waals surface area contributed by atoms with E-state index in [1.807, 2.05) is 18.2 Å². The maximum atomic E-state index is 12.1. The number of nitrogens with one attached hydrogen (secondary N) is 1. The summed E-state index contributed by atoms with van der Waals surface area (Å²) in [5.74, 6) is 1.48. The molecule has 0 radical (unpaired) electrons. The van der Waals surface area contributed by atoms with Gasteiger partial charge in [-0.05, 0) is 43.5 Å². The first-order valence-corrected chi connectivity index (χ1v) is 8.07. The van der Waals surface area contributed by atoms with Gasteiger partial charge in [-0.25, -0.2) is 0 Å². The number of rotatable bonds is 7. The molecule has 24 heavy (non-hydrogen) atoms. The van der Waals surface area contributed by atoms with E-state index < -0.39 is 0 Å². The average Bonchev–Trinajstić information content (AvgIpc) is 2.59. The van der Waals surface area contributed by atoms with Gasteiger partial charge in [0.25, 0.3) is 0 Å². The maximum Gasteiger partial charge on any atom is 0.220 e. The Bertz CT molecular complexity index is 710. The first kappa shape index (κ1) is 17.9. The minimum atomic E-state index is 0.0350. The number of carbonyl (C=O) groups is 1. The minimum absolute atomic E-state index is 0.0350. The van der Waals surface area contributed by atoms with Crippen molar-refractivity contribution in [1.29, 1.82) is 0 Å². The van der Waals surface area contributed by atoms with E-state index in [1.54, 1.807) is 14.2 Å². The number of carbonyl (C=O) groups excluding carboxylic acids is 1. The highest BCUT2D eigenvalue weighted by Gasteiger charge is 2.08. The van der Waals surface area contributed by atoms with E-state index in [9.17, 15) is 4.79 Å². The van der Waals surface area contributed by atoms with Gasteiger partial charge in [0.1, 0.15) is 11.5 Å². The van der Waals surface area contributed by atoms with Gasteiger partial charge in [-0.15, -0.1) is 0 Å². The van der Waals surface area contributed by atoms with Crippen LogP contribution >= 0.6 is 0 Å². The average molecular weight is 327 g/mol. The van der Waals surface area contributed by atoms with E-state index in [4.69, 9.17) is 9.47 Å². The van der Waals surface area contributed by atoms with Crippen molar-refractivity contribution in [3.63, 3.8) is 0 Å². The van der Waals surface area contributed by atoms with E-state index in [2.05, 4.69) is 37.4 Å². The van der Waals surface area contributed by atoms with Crippen LogP contribution in [0.2, 0.25) is 0 Å². The van der Waals surface area contributed by atoms with Crippen molar-refractivity contribution in [3.05, 3.63) is 58.7 Å². The second-order valence-corrected chi connectivity index (χ2v) is 5.88. The van der Waals surface area contributed by atoms with Crippen LogP contribution in [0.4, 0.5) is 0 Å². The Morgan fingerprint density at radius 2 is 1.75 bits per heavy atom. The normalized spacial score (nSPS) is 10.3. The smallest absolute Gasteiger partial charge is 0.220 e. The molecule has 0 heterocycles. The van der Waals surface area contributed by atoms with Gasteiger partial charge in [-0.3, -0.25) is 4.79 Å². The van der Waals surface area contributed by atoms with Crippen molar-refractivity contribution in [3.8, 4) is 11.5 Å². The quantitative estimate of drug-likeness (QED) is 0.846. The Morgan fingerprint density at radius 1 is 1.00 bits per heavy atom. The standard InChI is InChI=1S/C20H25NO3/c1-14-5-6-16(15(2)11-14)8-10-20(22)21-13-17-7-9-18(23-3)12-19(17)24-4/h5-7,9,11-12H,8,10,13H2,1-4H3,(H,21,22). The molecule has 128 valence electrons. The molecule has 0 aliphatic rings. The van der Waals surface area contributed by atoms with Gasteiger partial charge < -0.3 is 14.8 Å². The lowest BCUT2D eigenvalue weighted by molar-refractivity contribution is -0.121. The van der Waals surface area contributed by atoms with Crippen molar-refractivity contribution >= 4 is 5.91 Å². The van der Waals surface area contributed by atoms with Crippen LogP contribution in [0.1, 0.15) is 28.7 Å². The predicted molar refractivity (Wildman–Crippen MR) is 95.6 cm³/mol. The van der Waals surface area contributed by atoms with Gasteiger partial charge in [-0.1, -0.05) is 23.8 Å². The zero-order valence-corrected chi connectivity index (χ0v) is 14.8. The highest BCUT2D eigenvalue weighted by atomic mass is 16.5. The van der Waals surface area contributed by atoms with E-state index >= 15 is 0 Å². The fourth-order valence-corrected chi connectivity index (χ4v) is 2.65. The molecule has 1 amide bonds. The number of benzene rings is 2. The van der Waals surface area contributed by atoms with E-state index in [1.165, 1.54) is 16.7 Å². The van der Waals surface area contributed by atoms with Gasteiger partial charge in [0.05, 0.1) is 14.2 Å². The summed E-state index contributed by atoms with van der Waals surface area (Å²) in [7, 11) is 3.23. The van der Waals surface area contributed by atoms with Crippen LogP contribution in [0.25, 0.3) is 0 Å². The van der Waals surface area contributed by atoms with Crippen molar-refractivity contribution in [1.82, 2.24) is 5.32 Å². The van der Waals surface area contributed by atoms with Gasteiger partial charge in [0, 0.05) is 24.6 Å². The Hall–Kier alpha value is -2.49. The number of hydrogen-bond acceptors (Lipinski definition) is 3. The molecular formula is C20H25NO3. The number of aryl methyl sites for hydroxylation is 3.